The third-order valence-corrected chi connectivity index (χ3v) is 5.04. The van der Waals surface area contributed by atoms with E-state index in [1.165, 1.54) is 0 Å². The summed E-state index contributed by atoms with van der Waals surface area (Å²) >= 11 is 0. The van der Waals surface area contributed by atoms with Gasteiger partial charge in [0.15, 0.2) is 5.69 Å². The summed E-state index contributed by atoms with van der Waals surface area (Å²) in [6, 6.07) is 10.1. The molecule has 1 N–H and O–H groups in total. The fourth-order valence-electron chi connectivity index (χ4n) is 3.59. The van der Waals surface area contributed by atoms with Gasteiger partial charge in [-0.15, -0.1) is 0 Å². The van der Waals surface area contributed by atoms with Crippen LogP contribution in [0.25, 0.3) is 10.9 Å². The van der Waals surface area contributed by atoms with Gasteiger partial charge in [0.25, 0.3) is 5.91 Å². The number of nitrogens with zero attached hydrogens (tertiary/aromatic N) is 4. The molecule has 0 fully saturated rings. The first-order chi connectivity index (χ1) is 13.5. The monoisotopic (exact) mass is 379 g/mol. The molecule has 2 aromatic heterocycles. The number of aromatic amines is 1. The Labute approximate surface area is 164 Å². The van der Waals surface area contributed by atoms with Crippen LogP contribution in [0.1, 0.15) is 34.4 Å². The number of rotatable bonds is 5. The first-order valence-corrected chi connectivity index (χ1v) is 9.57. The molecule has 0 bridgehead atoms. The zero-order valence-electron chi connectivity index (χ0n) is 16.5. The molecule has 7 heteroatoms. The Kier molecular flexibility index (Phi) is 5.00. The van der Waals surface area contributed by atoms with E-state index in [4.69, 9.17) is 9.72 Å². The summed E-state index contributed by atoms with van der Waals surface area (Å²) < 4.78 is 5.56. The highest BCUT2D eigenvalue weighted by Crippen LogP contribution is 2.24. The van der Waals surface area contributed by atoms with E-state index >= 15 is 0 Å². The van der Waals surface area contributed by atoms with Crippen LogP contribution >= 0.6 is 0 Å². The molecule has 1 aromatic carbocycles. The second kappa shape index (κ2) is 7.59. The van der Waals surface area contributed by atoms with Crippen molar-refractivity contribution in [1.82, 2.24) is 25.0 Å². The van der Waals surface area contributed by atoms with Gasteiger partial charge in [-0.1, -0.05) is 6.07 Å². The van der Waals surface area contributed by atoms with Gasteiger partial charge in [0.05, 0.1) is 17.8 Å². The van der Waals surface area contributed by atoms with E-state index < -0.39 is 0 Å². The van der Waals surface area contributed by atoms with Crippen molar-refractivity contribution in [3.05, 3.63) is 53.0 Å². The first kappa shape index (κ1) is 18.4. The predicted octanol–water partition coefficient (Wildman–Crippen LogP) is 2.62. The minimum atomic E-state index is -0.0618. The summed E-state index contributed by atoms with van der Waals surface area (Å²) in [5.41, 5.74) is 4.58. The number of fused-ring (bicyclic) bond motifs is 2. The molecule has 146 valence electrons. The number of carbonyl (C=O) groups is 1. The lowest BCUT2D eigenvalue weighted by molar-refractivity contribution is 0.0819. The number of H-pyrrole nitrogens is 1. The van der Waals surface area contributed by atoms with Gasteiger partial charge in [-0.3, -0.25) is 19.8 Å². The summed E-state index contributed by atoms with van der Waals surface area (Å²) in [5, 5.41) is 8.36. The molecular weight excluding hydrogens is 354 g/mol. The van der Waals surface area contributed by atoms with E-state index in [1.54, 1.807) is 19.0 Å². The molecular formula is C21H25N5O2. The van der Waals surface area contributed by atoms with Crippen LogP contribution in [0.3, 0.4) is 0 Å². The normalized spacial score (nSPS) is 14.1. The minimum Gasteiger partial charge on any atom is -0.494 e. The number of hydrogen-bond acceptors (Lipinski definition) is 5. The van der Waals surface area contributed by atoms with Gasteiger partial charge in [-0.25, -0.2) is 0 Å². The predicted molar refractivity (Wildman–Crippen MR) is 107 cm³/mol. The van der Waals surface area contributed by atoms with E-state index in [9.17, 15) is 4.79 Å². The lowest BCUT2D eigenvalue weighted by Crippen LogP contribution is -2.32. The quantitative estimate of drug-likeness (QED) is 0.738. The maximum Gasteiger partial charge on any atom is 0.274 e. The maximum absolute atomic E-state index is 12.4. The van der Waals surface area contributed by atoms with Crippen molar-refractivity contribution in [3.8, 4) is 5.75 Å². The van der Waals surface area contributed by atoms with E-state index in [0.717, 1.165) is 53.1 Å². The Morgan fingerprint density at radius 1 is 1.29 bits per heavy atom. The highest BCUT2D eigenvalue weighted by molar-refractivity contribution is 5.93. The summed E-state index contributed by atoms with van der Waals surface area (Å²) in [4.78, 5) is 21.0. The summed E-state index contributed by atoms with van der Waals surface area (Å²) in [6.45, 7) is 4.98. The summed E-state index contributed by atoms with van der Waals surface area (Å²) in [7, 11) is 3.50. The molecule has 1 aliphatic rings. The van der Waals surface area contributed by atoms with Gasteiger partial charge >= 0.3 is 0 Å². The van der Waals surface area contributed by atoms with Crippen LogP contribution in [0, 0.1) is 0 Å². The van der Waals surface area contributed by atoms with Crippen LogP contribution < -0.4 is 4.74 Å². The van der Waals surface area contributed by atoms with E-state index in [-0.39, 0.29) is 5.91 Å². The molecule has 0 unspecified atom stereocenters. The largest absolute Gasteiger partial charge is 0.494 e. The van der Waals surface area contributed by atoms with Crippen molar-refractivity contribution in [2.75, 3.05) is 27.2 Å². The molecule has 1 amide bonds. The Morgan fingerprint density at radius 3 is 2.93 bits per heavy atom. The molecule has 3 aromatic rings. The van der Waals surface area contributed by atoms with Crippen LogP contribution in [0.15, 0.2) is 30.3 Å². The molecule has 28 heavy (non-hydrogen) atoms. The van der Waals surface area contributed by atoms with E-state index in [1.807, 2.05) is 25.1 Å². The highest BCUT2D eigenvalue weighted by Gasteiger charge is 2.26. The molecule has 0 radical (unpaired) electrons. The van der Waals surface area contributed by atoms with Crippen LogP contribution in [-0.2, 0) is 19.5 Å². The summed E-state index contributed by atoms with van der Waals surface area (Å²) in [6.07, 6.45) is 0.855. The fraction of sp³-hybridized carbons (Fsp3) is 0.381. The molecule has 4 rings (SSSR count). The van der Waals surface area contributed by atoms with Gasteiger partial charge in [-0.2, -0.15) is 5.10 Å². The SMILES string of the molecule is CCOc1ccc2nc(CN3CCc4[nH]nc(C(=O)N(C)C)c4C3)ccc2c1. The molecule has 1 aliphatic heterocycles. The van der Waals surface area contributed by atoms with Crippen LogP contribution in [0.4, 0.5) is 0 Å². The van der Waals surface area contributed by atoms with E-state index in [2.05, 4.69) is 27.2 Å². The standard InChI is InChI=1S/C21H25N5O2/c1-4-28-16-7-8-18-14(11-16)5-6-15(22-18)12-26-10-9-19-17(13-26)20(24-23-19)21(27)25(2)3/h5-8,11H,4,9-10,12-13H2,1-3H3,(H,23,24). The van der Waals surface area contributed by atoms with Crippen molar-refractivity contribution in [1.29, 1.82) is 0 Å². The van der Waals surface area contributed by atoms with Crippen molar-refractivity contribution in [2.24, 2.45) is 0 Å². The molecule has 0 aliphatic carbocycles. The number of benzene rings is 1. The topological polar surface area (TPSA) is 74.3 Å². The third-order valence-electron chi connectivity index (χ3n) is 5.04. The molecule has 3 heterocycles. The minimum absolute atomic E-state index is 0.0618. The Balaban J connectivity index is 1.52. The first-order valence-electron chi connectivity index (χ1n) is 9.57. The fourth-order valence-corrected chi connectivity index (χ4v) is 3.59. The second-order valence-corrected chi connectivity index (χ2v) is 7.28. The van der Waals surface area contributed by atoms with E-state index in [0.29, 0.717) is 18.8 Å². The van der Waals surface area contributed by atoms with Gasteiger partial charge in [-0.05, 0) is 31.2 Å². The Morgan fingerprint density at radius 2 is 2.14 bits per heavy atom. The summed E-state index contributed by atoms with van der Waals surface area (Å²) in [5.74, 6) is 0.805. The molecule has 0 saturated heterocycles. The number of aromatic nitrogens is 3. The van der Waals surface area contributed by atoms with Crippen molar-refractivity contribution in [2.45, 2.75) is 26.4 Å². The Bertz CT molecular complexity index is 1010. The number of pyridine rings is 1. The van der Waals surface area contributed by atoms with Gasteiger partial charge in [0, 0.05) is 56.8 Å². The van der Waals surface area contributed by atoms with Crippen LogP contribution in [0.5, 0.6) is 5.75 Å². The lowest BCUT2D eigenvalue weighted by Gasteiger charge is -2.26. The Hall–Kier alpha value is -2.93. The zero-order valence-corrected chi connectivity index (χ0v) is 16.5. The number of nitrogens with one attached hydrogen (secondary N) is 1. The molecule has 0 spiro atoms. The zero-order chi connectivity index (χ0) is 19.7. The van der Waals surface area contributed by atoms with Crippen molar-refractivity contribution in [3.63, 3.8) is 0 Å². The lowest BCUT2D eigenvalue weighted by atomic mass is 10.0. The maximum atomic E-state index is 12.4. The van der Waals surface area contributed by atoms with Crippen LogP contribution in [0.2, 0.25) is 0 Å². The van der Waals surface area contributed by atoms with Gasteiger partial charge < -0.3 is 9.64 Å². The highest BCUT2D eigenvalue weighted by atomic mass is 16.5. The average molecular weight is 379 g/mol. The number of ether oxygens (including phenoxy) is 1. The number of carbonyl (C=O) groups excluding carboxylic acids is 1. The third kappa shape index (κ3) is 3.57. The second-order valence-electron chi connectivity index (χ2n) is 7.28. The average Bonchev–Trinajstić information content (AvgIpc) is 3.11. The van der Waals surface area contributed by atoms with Crippen LogP contribution in [-0.4, -0.2) is 58.1 Å². The number of hydrogen-bond donors (Lipinski definition) is 1. The molecule has 0 saturated carbocycles. The molecule has 7 nitrogen and oxygen atoms in total. The molecule has 0 atom stereocenters. The smallest absolute Gasteiger partial charge is 0.274 e. The number of amides is 1. The van der Waals surface area contributed by atoms with Gasteiger partial charge in [0.2, 0.25) is 0 Å². The van der Waals surface area contributed by atoms with Crippen molar-refractivity contribution < 1.29 is 9.53 Å². The van der Waals surface area contributed by atoms with Gasteiger partial charge in [0.1, 0.15) is 5.75 Å². The van der Waals surface area contributed by atoms with Crippen molar-refractivity contribution >= 4 is 16.8 Å².